The first-order chi connectivity index (χ1) is 7.63. The molecule has 0 aromatic heterocycles. The Morgan fingerprint density at radius 1 is 1.62 bits per heavy atom. The molecular weight excluding hydrogens is 244 g/mol. The Balaban J connectivity index is 2.49. The van der Waals surface area contributed by atoms with E-state index in [1.165, 1.54) is 11.8 Å². The van der Waals surface area contributed by atoms with Crippen LogP contribution in [0.4, 0.5) is 5.69 Å². The first-order valence-electron chi connectivity index (χ1n) is 4.51. The van der Waals surface area contributed by atoms with Crippen LogP contribution in [0.5, 0.6) is 0 Å². The van der Waals surface area contributed by atoms with E-state index in [-0.39, 0.29) is 18.2 Å². The van der Waals surface area contributed by atoms with Crippen molar-refractivity contribution in [2.75, 3.05) is 18.0 Å². The van der Waals surface area contributed by atoms with Gasteiger partial charge in [0.15, 0.2) is 0 Å². The van der Waals surface area contributed by atoms with Gasteiger partial charge in [-0.15, -0.1) is 18.2 Å². The number of rotatable bonds is 4. The first-order valence-corrected chi connectivity index (χ1v) is 5.88. The van der Waals surface area contributed by atoms with E-state index in [1.54, 1.807) is 18.2 Å². The van der Waals surface area contributed by atoms with Gasteiger partial charge in [0.1, 0.15) is 0 Å². The summed E-state index contributed by atoms with van der Waals surface area (Å²) in [6, 6.07) is 5.19. The summed E-state index contributed by atoms with van der Waals surface area (Å²) >= 11 is 7.30. The predicted octanol–water partition coefficient (Wildman–Crippen LogP) is 1.76. The molecule has 5 heteroatoms. The SMILES string of the molecule is C#CCNC(=O)CSc1ccc(N)cc1Cl. The number of halogens is 1. The molecular formula is C11H11ClN2OS. The fourth-order valence-electron chi connectivity index (χ4n) is 0.978. The van der Waals surface area contributed by atoms with Crippen molar-refractivity contribution in [1.82, 2.24) is 5.32 Å². The maximum Gasteiger partial charge on any atom is 0.231 e. The molecule has 0 atom stereocenters. The molecule has 3 nitrogen and oxygen atoms in total. The van der Waals surface area contributed by atoms with Crippen LogP contribution in [0.15, 0.2) is 23.1 Å². The molecule has 0 radical (unpaired) electrons. The standard InChI is InChI=1S/C11H11ClN2OS/c1-2-5-14-11(15)7-16-10-4-3-8(13)6-9(10)12/h1,3-4,6H,5,7,13H2,(H,14,15). The van der Waals surface area contributed by atoms with Gasteiger partial charge in [-0.3, -0.25) is 4.79 Å². The molecule has 1 aromatic carbocycles. The second-order valence-electron chi connectivity index (χ2n) is 2.96. The van der Waals surface area contributed by atoms with Crippen LogP contribution in [0, 0.1) is 12.3 Å². The highest BCUT2D eigenvalue weighted by molar-refractivity contribution is 8.00. The minimum Gasteiger partial charge on any atom is -0.399 e. The van der Waals surface area contributed by atoms with E-state index in [0.717, 1.165) is 4.90 Å². The van der Waals surface area contributed by atoms with Crippen molar-refractivity contribution in [1.29, 1.82) is 0 Å². The van der Waals surface area contributed by atoms with Crippen molar-refractivity contribution >= 4 is 35.0 Å². The summed E-state index contributed by atoms with van der Waals surface area (Å²) in [7, 11) is 0. The molecule has 1 aromatic rings. The molecule has 0 saturated carbocycles. The lowest BCUT2D eigenvalue weighted by Gasteiger charge is -2.04. The van der Waals surface area contributed by atoms with Crippen LogP contribution in [-0.2, 0) is 4.79 Å². The highest BCUT2D eigenvalue weighted by Crippen LogP contribution is 2.28. The number of benzene rings is 1. The van der Waals surface area contributed by atoms with E-state index in [0.29, 0.717) is 10.7 Å². The van der Waals surface area contributed by atoms with Crippen molar-refractivity contribution in [2.24, 2.45) is 0 Å². The number of terminal acetylenes is 1. The molecule has 0 bridgehead atoms. The van der Waals surface area contributed by atoms with Gasteiger partial charge in [-0.05, 0) is 18.2 Å². The molecule has 0 heterocycles. The van der Waals surface area contributed by atoms with E-state index < -0.39 is 0 Å². The molecule has 0 aliphatic rings. The van der Waals surface area contributed by atoms with Gasteiger partial charge < -0.3 is 11.1 Å². The number of thioether (sulfide) groups is 1. The summed E-state index contributed by atoms with van der Waals surface area (Å²) in [5.74, 6) is 2.50. The van der Waals surface area contributed by atoms with Crippen molar-refractivity contribution in [2.45, 2.75) is 4.90 Å². The number of amides is 1. The summed E-state index contributed by atoms with van der Waals surface area (Å²) in [4.78, 5) is 12.1. The third-order valence-electron chi connectivity index (χ3n) is 1.70. The van der Waals surface area contributed by atoms with Gasteiger partial charge in [-0.2, -0.15) is 0 Å². The van der Waals surface area contributed by atoms with Crippen molar-refractivity contribution in [3.8, 4) is 12.3 Å². The number of nitrogens with one attached hydrogen (secondary N) is 1. The summed E-state index contributed by atoms with van der Waals surface area (Å²) in [5, 5.41) is 3.12. The Morgan fingerprint density at radius 2 is 2.38 bits per heavy atom. The number of carbonyl (C=O) groups is 1. The summed E-state index contributed by atoms with van der Waals surface area (Å²) in [5.41, 5.74) is 6.16. The second-order valence-corrected chi connectivity index (χ2v) is 4.38. The van der Waals surface area contributed by atoms with Gasteiger partial charge in [-0.25, -0.2) is 0 Å². The van der Waals surface area contributed by atoms with Gasteiger partial charge in [0.05, 0.1) is 17.3 Å². The zero-order valence-electron chi connectivity index (χ0n) is 8.50. The number of nitrogens with two attached hydrogens (primary N) is 1. The minimum absolute atomic E-state index is 0.115. The molecule has 0 fully saturated rings. The molecule has 84 valence electrons. The van der Waals surface area contributed by atoms with Crippen LogP contribution in [0.1, 0.15) is 0 Å². The zero-order chi connectivity index (χ0) is 12.0. The number of nitrogen functional groups attached to an aromatic ring is 1. The largest absolute Gasteiger partial charge is 0.399 e. The molecule has 1 rings (SSSR count). The Hall–Kier alpha value is -1.31. The highest BCUT2D eigenvalue weighted by atomic mass is 35.5. The van der Waals surface area contributed by atoms with Gasteiger partial charge in [-0.1, -0.05) is 17.5 Å². The summed E-state index contributed by atoms with van der Waals surface area (Å²) in [6.45, 7) is 0.245. The number of carbonyl (C=O) groups excluding carboxylic acids is 1. The van der Waals surface area contributed by atoms with Gasteiger partial charge in [0, 0.05) is 10.6 Å². The molecule has 0 aliphatic heterocycles. The molecule has 0 aliphatic carbocycles. The van der Waals surface area contributed by atoms with Gasteiger partial charge in [0.2, 0.25) is 5.91 Å². The average Bonchev–Trinajstić information content (AvgIpc) is 2.25. The Kier molecular flexibility index (Phi) is 5.03. The molecule has 16 heavy (non-hydrogen) atoms. The molecule has 3 N–H and O–H groups in total. The van der Waals surface area contributed by atoms with Gasteiger partial charge >= 0.3 is 0 Å². The lowest BCUT2D eigenvalue weighted by molar-refractivity contribution is -0.118. The van der Waals surface area contributed by atoms with Crippen LogP contribution in [0.3, 0.4) is 0 Å². The van der Waals surface area contributed by atoms with Gasteiger partial charge in [0.25, 0.3) is 0 Å². The van der Waals surface area contributed by atoms with Crippen molar-refractivity contribution in [3.05, 3.63) is 23.2 Å². The first kappa shape index (κ1) is 12.8. The van der Waals surface area contributed by atoms with E-state index in [2.05, 4.69) is 11.2 Å². The third kappa shape index (κ3) is 4.05. The smallest absolute Gasteiger partial charge is 0.231 e. The molecule has 0 unspecified atom stereocenters. The minimum atomic E-state index is -0.115. The topological polar surface area (TPSA) is 55.1 Å². The molecule has 1 amide bonds. The third-order valence-corrected chi connectivity index (χ3v) is 3.20. The van der Waals surface area contributed by atoms with Crippen LogP contribution in [0.25, 0.3) is 0 Å². The summed E-state index contributed by atoms with van der Waals surface area (Å²) < 4.78 is 0. The summed E-state index contributed by atoms with van der Waals surface area (Å²) in [6.07, 6.45) is 5.02. The quantitative estimate of drug-likeness (QED) is 0.489. The zero-order valence-corrected chi connectivity index (χ0v) is 10.1. The highest BCUT2D eigenvalue weighted by Gasteiger charge is 2.05. The molecule has 0 saturated heterocycles. The average molecular weight is 255 g/mol. The van der Waals surface area contributed by atoms with Crippen LogP contribution < -0.4 is 11.1 Å². The lowest BCUT2D eigenvalue weighted by Crippen LogP contribution is -2.25. The maximum absolute atomic E-state index is 11.3. The van der Waals surface area contributed by atoms with E-state index >= 15 is 0 Å². The van der Waals surface area contributed by atoms with Crippen LogP contribution in [-0.4, -0.2) is 18.2 Å². The van der Waals surface area contributed by atoms with Crippen molar-refractivity contribution in [3.63, 3.8) is 0 Å². The van der Waals surface area contributed by atoms with E-state index in [9.17, 15) is 4.79 Å². The normalized spacial score (nSPS) is 9.50. The predicted molar refractivity (Wildman–Crippen MR) is 68.4 cm³/mol. The fraction of sp³-hybridized carbons (Fsp3) is 0.182. The van der Waals surface area contributed by atoms with Crippen LogP contribution >= 0.6 is 23.4 Å². The fourth-order valence-corrected chi connectivity index (χ4v) is 2.08. The second kappa shape index (κ2) is 6.31. The maximum atomic E-state index is 11.3. The number of hydrogen-bond donors (Lipinski definition) is 2. The monoisotopic (exact) mass is 254 g/mol. The van der Waals surface area contributed by atoms with E-state index in [1.807, 2.05) is 0 Å². The number of hydrogen-bond acceptors (Lipinski definition) is 3. The van der Waals surface area contributed by atoms with E-state index in [4.69, 9.17) is 23.8 Å². The molecule has 0 spiro atoms. The Labute approximate surface area is 104 Å². The Morgan fingerprint density at radius 3 is 3.00 bits per heavy atom. The number of anilines is 1. The van der Waals surface area contributed by atoms with Crippen molar-refractivity contribution < 1.29 is 4.79 Å². The van der Waals surface area contributed by atoms with Crippen LogP contribution in [0.2, 0.25) is 5.02 Å². The lowest BCUT2D eigenvalue weighted by atomic mass is 10.3. The Bertz CT molecular complexity index is 428.